The molecule has 0 aromatic heterocycles. The highest BCUT2D eigenvalue weighted by atomic mass is 16.1. The standard InChI is InChI=1S/C17H28O/c1-8-11-14(12-9-2)15(18)17(6,7)13-16(4,5)10-3/h8-9,11-12H,1,10,13H2,2-7H3/b12-9-,14-11+. The first-order chi connectivity index (χ1) is 8.20. The Morgan fingerprint density at radius 2 is 1.78 bits per heavy atom. The summed E-state index contributed by atoms with van der Waals surface area (Å²) in [6, 6.07) is 0. The first-order valence-electron chi connectivity index (χ1n) is 6.70. The van der Waals surface area contributed by atoms with E-state index in [4.69, 9.17) is 0 Å². The van der Waals surface area contributed by atoms with Crippen LogP contribution in [0, 0.1) is 10.8 Å². The second-order valence-electron chi connectivity index (χ2n) is 6.27. The van der Waals surface area contributed by atoms with E-state index in [2.05, 4.69) is 27.4 Å². The van der Waals surface area contributed by atoms with Gasteiger partial charge in [-0.3, -0.25) is 4.79 Å². The Bertz CT molecular complexity index is 354. The zero-order valence-corrected chi connectivity index (χ0v) is 12.8. The van der Waals surface area contributed by atoms with Crippen molar-refractivity contribution in [3.63, 3.8) is 0 Å². The molecule has 0 unspecified atom stereocenters. The molecule has 0 aromatic rings. The zero-order chi connectivity index (χ0) is 14.4. The highest BCUT2D eigenvalue weighted by Gasteiger charge is 2.34. The first-order valence-corrected chi connectivity index (χ1v) is 6.70. The van der Waals surface area contributed by atoms with Crippen LogP contribution in [-0.4, -0.2) is 5.78 Å². The van der Waals surface area contributed by atoms with Crippen molar-refractivity contribution in [2.45, 2.75) is 54.4 Å². The molecule has 0 atom stereocenters. The van der Waals surface area contributed by atoms with Gasteiger partial charge in [0.2, 0.25) is 0 Å². The summed E-state index contributed by atoms with van der Waals surface area (Å²) in [7, 11) is 0. The third-order valence-corrected chi connectivity index (χ3v) is 3.40. The predicted molar refractivity (Wildman–Crippen MR) is 80.6 cm³/mol. The van der Waals surface area contributed by atoms with Crippen LogP contribution in [0.5, 0.6) is 0 Å². The van der Waals surface area contributed by atoms with E-state index in [0.717, 1.165) is 18.4 Å². The maximum absolute atomic E-state index is 12.6. The highest BCUT2D eigenvalue weighted by molar-refractivity contribution is 6.02. The minimum atomic E-state index is -0.339. The fraction of sp³-hybridized carbons (Fsp3) is 0.588. The smallest absolute Gasteiger partial charge is 0.168 e. The first kappa shape index (κ1) is 16.9. The fourth-order valence-corrected chi connectivity index (χ4v) is 2.31. The van der Waals surface area contributed by atoms with E-state index in [-0.39, 0.29) is 16.6 Å². The SMILES string of the molecule is C=C/C=C(\C=C/C)C(=O)C(C)(C)CC(C)(C)CC. The van der Waals surface area contributed by atoms with Crippen molar-refractivity contribution in [3.8, 4) is 0 Å². The average molecular weight is 248 g/mol. The van der Waals surface area contributed by atoms with E-state index in [0.29, 0.717) is 0 Å². The Morgan fingerprint density at radius 1 is 1.22 bits per heavy atom. The molecule has 0 aliphatic rings. The number of hydrogen-bond acceptors (Lipinski definition) is 1. The minimum Gasteiger partial charge on any atom is -0.294 e. The fourth-order valence-electron chi connectivity index (χ4n) is 2.31. The predicted octanol–water partition coefficient (Wildman–Crippen LogP) is 5.10. The van der Waals surface area contributed by atoms with Crippen molar-refractivity contribution in [3.05, 3.63) is 36.5 Å². The van der Waals surface area contributed by atoms with Gasteiger partial charge < -0.3 is 0 Å². The molecule has 0 heterocycles. The lowest BCUT2D eigenvalue weighted by Gasteiger charge is -2.33. The van der Waals surface area contributed by atoms with Crippen LogP contribution in [0.4, 0.5) is 0 Å². The summed E-state index contributed by atoms with van der Waals surface area (Å²) in [5, 5.41) is 0. The van der Waals surface area contributed by atoms with Crippen LogP contribution in [-0.2, 0) is 4.79 Å². The molecule has 0 spiro atoms. The molecular weight excluding hydrogens is 220 g/mol. The molecule has 0 aliphatic carbocycles. The van der Waals surface area contributed by atoms with Crippen LogP contribution in [0.2, 0.25) is 0 Å². The topological polar surface area (TPSA) is 17.1 Å². The van der Waals surface area contributed by atoms with Gasteiger partial charge in [-0.15, -0.1) is 0 Å². The minimum absolute atomic E-state index is 0.189. The number of ketones is 1. The van der Waals surface area contributed by atoms with Gasteiger partial charge in [-0.2, -0.15) is 0 Å². The van der Waals surface area contributed by atoms with Crippen LogP contribution < -0.4 is 0 Å². The second-order valence-corrected chi connectivity index (χ2v) is 6.27. The van der Waals surface area contributed by atoms with Crippen LogP contribution in [0.1, 0.15) is 54.4 Å². The van der Waals surface area contributed by atoms with Crippen molar-refractivity contribution in [2.24, 2.45) is 10.8 Å². The van der Waals surface area contributed by atoms with E-state index in [9.17, 15) is 4.79 Å². The van der Waals surface area contributed by atoms with E-state index < -0.39 is 0 Å². The van der Waals surface area contributed by atoms with Gasteiger partial charge in [-0.25, -0.2) is 0 Å². The van der Waals surface area contributed by atoms with Crippen molar-refractivity contribution in [2.75, 3.05) is 0 Å². The lowest BCUT2D eigenvalue weighted by Crippen LogP contribution is -2.31. The van der Waals surface area contributed by atoms with E-state index in [1.807, 2.05) is 32.9 Å². The Kier molecular flexibility index (Phi) is 6.31. The van der Waals surface area contributed by atoms with Crippen LogP contribution in [0.25, 0.3) is 0 Å². The summed E-state index contributed by atoms with van der Waals surface area (Å²) < 4.78 is 0. The third-order valence-electron chi connectivity index (χ3n) is 3.40. The van der Waals surface area contributed by atoms with E-state index in [1.54, 1.807) is 12.2 Å². The summed E-state index contributed by atoms with van der Waals surface area (Å²) in [5.74, 6) is 0.196. The van der Waals surface area contributed by atoms with Gasteiger partial charge in [0.1, 0.15) is 0 Å². The molecule has 18 heavy (non-hydrogen) atoms. The van der Waals surface area contributed by atoms with Gasteiger partial charge in [0.25, 0.3) is 0 Å². The van der Waals surface area contributed by atoms with Crippen molar-refractivity contribution in [1.82, 2.24) is 0 Å². The molecule has 0 aromatic carbocycles. The molecule has 0 saturated heterocycles. The molecule has 1 heteroatoms. The summed E-state index contributed by atoms with van der Waals surface area (Å²) in [5.41, 5.74) is 0.590. The summed E-state index contributed by atoms with van der Waals surface area (Å²) >= 11 is 0. The third kappa shape index (κ3) is 5.03. The lowest BCUT2D eigenvalue weighted by atomic mass is 9.70. The number of carbonyl (C=O) groups excluding carboxylic acids is 1. The van der Waals surface area contributed by atoms with Crippen LogP contribution in [0.15, 0.2) is 36.5 Å². The Morgan fingerprint density at radius 3 is 2.17 bits per heavy atom. The molecule has 0 N–H and O–H groups in total. The maximum Gasteiger partial charge on any atom is 0.168 e. The molecule has 102 valence electrons. The second kappa shape index (κ2) is 6.72. The van der Waals surface area contributed by atoms with E-state index >= 15 is 0 Å². The summed E-state index contributed by atoms with van der Waals surface area (Å²) in [6.07, 6.45) is 9.20. The quantitative estimate of drug-likeness (QED) is 0.452. The molecular formula is C17H28O. The van der Waals surface area contributed by atoms with Gasteiger partial charge in [-0.05, 0) is 18.8 Å². The number of carbonyl (C=O) groups is 1. The molecule has 0 fully saturated rings. The van der Waals surface area contributed by atoms with Crippen molar-refractivity contribution < 1.29 is 4.79 Å². The number of Topliss-reactive ketones (excluding diaryl/α,β-unsaturated/α-hetero) is 1. The van der Waals surface area contributed by atoms with Gasteiger partial charge in [-0.1, -0.05) is 71.9 Å². The Labute approximate surface area is 113 Å². The molecule has 0 rings (SSSR count). The zero-order valence-electron chi connectivity index (χ0n) is 12.8. The Balaban J connectivity index is 5.16. The van der Waals surface area contributed by atoms with Gasteiger partial charge in [0.15, 0.2) is 5.78 Å². The van der Waals surface area contributed by atoms with Gasteiger partial charge >= 0.3 is 0 Å². The maximum atomic E-state index is 12.6. The number of rotatable bonds is 7. The molecule has 0 aliphatic heterocycles. The van der Waals surface area contributed by atoms with Crippen molar-refractivity contribution >= 4 is 5.78 Å². The van der Waals surface area contributed by atoms with Crippen LogP contribution >= 0.6 is 0 Å². The van der Waals surface area contributed by atoms with Gasteiger partial charge in [0.05, 0.1) is 0 Å². The number of allylic oxidation sites excluding steroid dienone is 5. The van der Waals surface area contributed by atoms with Crippen LogP contribution in [0.3, 0.4) is 0 Å². The summed E-state index contributed by atoms with van der Waals surface area (Å²) in [6.45, 7) is 16.3. The highest BCUT2D eigenvalue weighted by Crippen LogP contribution is 2.38. The van der Waals surface area contributed by atoms with Gasteiger partial charge in [0, 0.05) is 11.0 Å². The molecule has 0 saturated carbocycles. The molecule has 0 bridgehead atoms. The number of hydrogen-bond donors (Lipinski definition) is 0. The molecule has 1 nitrogen and oxygen atoms in total. The van der Waals surface area contributed by atoms with E-state index in [1.165, 1.54) is 0 Å². The largest absolute Gasteiger partial charge is 0.294 e. The monoisotopic (exact) mass is 248 g/mol. The summed E-state index contributed by atoms with van der Waals surface area (Å²) in [4.78, 5) is 12.6. The Hall–Kier alpha value is -1.11. The molecule has 0 radical (unpaired) electrons. The lowest BCUT2D eigenvalue weighted by molar-refractivity contribution is -0.124. The van der Waals surface area contributed by atoms with Crippen molar-refractivity contribution in [1.29, 1.82) is 0 Å². The molecule has 0 amide bonds. The average Bonchev–Trinajstić information content (AvgIpc) is 2.26. The normalized spacial score (nSPS) is 14.0.